The highest BCUT2D eigenvalue weighted by Gasteiger charge is 2.17. The Labute approximate surface area is 110 Å². The number of rotatable bonds is 8. The Bertz CT molecular complexity index is 353. The molecule has 1 aromatic heterocycles. The maximum atomic E-state index is 5.13. The molecule has 1 heterocycles. The van der Waals surface area contributed by atoms with E-state index in [2.05, 4.69) is 42.5 Å². The van der Waals surface area contributed by atoms with Gasteiger partial charge in [-0.1, -0.05) is 13.8 Å². The molecule has 0 amide bonds. The molecule has 0 atom stereocenters. The van der Waals surface area contributed by atoms with E-state index in [-0.39, 0.29) is 5.41 Å². The Morgan fingerprint density at radius 1 is 1.22 bits per heavy atom. The second-order valence-electron chi connectivity index (χ2n) is 5.25. The van der Waals surface area contributed by atoms with Gasteiger partial charge in [0, 0.05) is 26.8 Å². The Morgan fingerprint density at radius 3 is 2.50 bits per heavy atom. The standard InChI is InChI=1S/C14H25N3O/c1-5-16-12-8-13(10-15-9-12)17-11-14(2,3)6-7-18-4/h8-10,16-17H,5-7,11H2,1-4H3. The van der Waals surface area contributed by atoms with Crippen LogP contribution in [0.4, 0.5) is 11.4 Å². The number of pyridine rings is 1. The van der Waals surface area contributed by atoms with Crippen LogP contribution in [-0.2, 0) is 4.74 Å². The molecule has 0 aliphatic rings. The number of hydrogen-bond acceptors (Lipinski definition) is 4. The first-order valence-corrected chi connectivity index (χ1v) is 6.49. The number of aromatic nitrogens is 1. The van der Waals surface area contributed by atoms with E-state index >= 15 is 0 Å². The zero-order valence-corrected chi connectivity index (χ0v) is 11.9. The average Bonchev–Trinajstić information content (AvgIpc) is 2.35. The van der Waals surface area contributed by atoms with Crippen molar-refractivity contribution in [1.82, 2.24) is 4.98 Å². The van der Waals surface area contributed by atoms with Gasteiger partial charge < -0.3 is 15.4 Å². The Hall–Kier alpha value is -1.29. The Morgan fingerprint density at radius 2 is 1.89 bits per heavy atom. The SMILES string of the molecule is CCNc1cncc(NCC(C)(C)CCOC)c1. The number of hydrogen-bond donors (Lipinski definition) is 2. The van der Waals surface area contributed by atoms with Crippen molar-refractivity contribution < 1.29 is 4.74 Å². The molecule has 0 bridgehead atoms. The third kappa shape index (κ3) is 5.36. The first-order chi connectivity index (χ1) is 8.57. The maximum Gasteiger partial charge on any atom is 0.0547 e. The number of anilines is 2. The highest BCUT2D eigenvalue weighted by atomic mass is 16.5. The smallest absolute Gasteiger partial charge is 0.0547 e. The molecule has 0 saturated heterocycles. The van der Waals surface area contributed by atoms with Gasteiger partial charge >= 0.3 is 0 Å². The lowest BCUT2D eigenvalue weighted by atomic mass is 9.89. The fourth-order valence-corrected chi connectivity index (χ4v) is 1.65. The van der Waals surface area contributed by atoms with Crippen molar-refractivity contribution >= 4 is 11.4 Å². The van der Waals surface area contributed by atoms with Crippen LogP contribution in [-0.4, -0.2) is 31.8 Å². The normalized spacial score (nSPS) is 11.3. The van der Waals surface area contributed by atoms with E-state index < -0.39 is 0 Å². The van der Waals surface area contributed by atoms with E-state index in [0.717, 1.165) is 37.5 Å². The van der Waals surface area contributed by atoms with E-state index in [1.54, 1.807) is 7.11 Å². The molecule has 0 aliphatic heterocycles. The van der Waals surface area contributed by atoms with Gasteiger partial charge in [0.25, 0.3) is 0 Å². The summed E-state index contributed by atoms with van der Waals surface area (Å²) < 4.78 is 5.13. The molecular weight excluding hydrogens is 226 g/mol. The van der Waals surface area contributed by atoms with Crippen LogP contribution in [0.1, 0.15) is 27.2 Å². The van der Waals surface area contributed by atoms with Gasteiger partial charge in [0.05, 0.1) is 23.8 Å². The van der Waals surface area contributed by atoms with Crippen molar-refractivity contribution in [2.24, 2.45) is 5.41 Å². The molecule has 2 N–H and O–H groups in total. The van der Waals surface area contributed by atoms with Gasteiger partial charge in [-0.2, -0.15) is 0 Å². The van der Waals surface area contributed by atoms with Crippen LogP contribution in [0.25, 0.3) is 0 Å². The molecule has 4 heteroatoms. The molecule has 0 unspecified atom stereocenters. The molecule has 0 spiro atoms. The lowest BCUT2D eigenvalue weighted by Gasteiger charge is -2.25. The largest absolute Gasteiger partial charge is 0.385 e. The van der Waals surface area contributed by atoms with Crippen molar-refractivity contribution in [2.45, 2.75) is 27.2 Å². The van der Waals surface area contributed by atoms with Crippen LogP contribution in [0, 0.1) is 5.41 Å². The first-order valence-electron chi connectivity index (χ1n) is 6.49. The summed E-state index contributed by atoms with van der Waals surface area (Å²) in [6.45, 7) is 9.16. The van der Waals surface area contributed by atoms with Crippen molar-refractivity contribution in [3.05, 3.63) is 18.5 Å². The molecule has 4 nitrogen and oxygen atoms in total. The van der Waals surface area contributed by atoms with Gasteiger partial charge in [-0.05, 0) is 24.8 Å². The third-order valence-corrected chi connectivity index (χ3v) is 2.87. The summed E-state index contributed by atoms with van der Waals surface area (Å²) >= 11 is 0. The second-order valence-corrected chi connectivity index (χ2v) is 5.25. The number of nitrogens with one attached hydrogen (secondary N) is 2. The van der Waals surface area contributed by atoms with Crippen LogP contribution >= 0.6 is 0 Å². The van der Waals surface area contributed by atoms with E-state index in [4.69, 9.17) is 4.74 Å². The van der Waals surface area contributed by atoms with Crippen molar-refractivity contribution in [3.8, 4) is 0 Å². The van der Waals surface area contributed by atoms with Crippen LogP contribution in [0.5, 0.6) is 0 Å². The minimum absolute atomic E-state index is 0.212. The van der Waals surface area contributed by atoms with Crippen molar-refractivity contribution in [3.63, 3.8) is 0 Å². The van der Waals surface area contributed by atoms with Crippen LogP contribution in [0.15, 0.2) is 18.5 Å². The molecule has 0 aromatic carbocycles. The number of ether oxygens (including phenoxy) is 1. The molecular formula is C14H25N3O. The third-order valence-electron chi connectivity index (χ3n) is 2.87. The minimum atomic E-state index is 0.212. The highest BCUT2D eigenvalue weighted by molar-refractivity contribution is 5.53. The van der Waals surface area contributed by atoms with Gasteiger partial charge in [0.2, 0.25) is 0 Å². The van der Waals surface area contributed by atoms with Crippen LogP contribution in [0.3, 0.4) is 0 Å². The summed E-state index contributed by atoms with van der Waals surface area (Å²) in [5.74, 6) is 0. The molecule has 0 saturated carbocycles. The Balaban J connectivity index is 2.49. The summed E-state index contributed by atoms with van der Waals surface area (Å²) in [6, 6.07) is 2.09. The monoisotopic (exact) mass is 251 g/mol. The summed E-state index contributed by atoms with van der Waals surface area (Å²) in [6.07, 6.45) is 4.73. The Kier molecular flexibility index (Phi) is 5.92. The molecule has 102 valence electrons. The second kappa shape index (κ2) is 7.21. The van der Waals surface area contributed by atoms with E-state index in [9.17, 15) is 0 Å². The molecule has 0 aliphatic carbocycles. The fourth-order valence-electron chi connectivity index (χ4n) is 1.65. The van der Waals surface area contributed by atoms with Gasteiger partial charge in [0.1, 0.15) is 0 Å². The van der Waals surface area contributed by atoms with E-state index in [0.29, 0.717) is 0 Å². The summed E-state index contributed by atoms with van der Waals surface area (Å²) in [5.41, 5.74) is 2.32. The quantitative estimate of drug-likeness (QED) is 0.745. The van der Waals surface area contributed by atoms with E-state index in [1.165, 1.54) is 0 Å². The predicted octanol–water partition coefficient (Wildman–Crippen LogP) is 2.99. The predicted molar refractivity (Wildman–Crippen MR) is 77.2 cm³/mol. The zero-order valence-electron chi connectivity index (χ0n) is 11.9. The molecule has 1 rings (SSSR count). The molecule has 1 aromatic rings. The number of nitrogens with zero attached hydrogens (tertiary/aromatic N) is 1. The van der Waals surface area contributed by atoms with Gasteiger partial charge in [-0.15, -0.1) is 0 Å². The van der Waals surface area contributed by atoms with Gasteiger partial charge in [0.15, 0.2) is 0 Å². The average molecular weight is 251 g/mol. The topological polar surface area (TPSA) is 46.2 Å². The number of methoxy groups -OCH3 is 1. The first kappa shape index (κ1) is 14.8. The van der Waals surface area contributed by atoms with E-state index in [1.807, 2.05) is 12.4 Å². The minimum Gasteiger partial charge on any atom is -0.385 e. The van der Waals surface area contributed by atoms with Gasteiger partial charge in [-0.3, -0.25) is 4.98 Å². The highest BCUT2D eigenvalue weighted by Crippen LogP contribution is 2.22. The van der Waals surface area contributed by atoms with Crippen molar-refractivity contribution in [2.75, 3.05) is 37.4 Å². The van der Waals surface area contributed by atoms with Crippen molar-refractivity contribution in [1.29, 1.82) is 0 Å². The fraction of sp³-hybridized carbons (Fsp3) is 0.643. The molecule has 0 radical (unpaired) electrons. The summed E-state index contributed by atoms with van der Waals surface area (Å²) in [5, 5.41) is 6.69. The summed E-state index contributed by atoms with van der Waals surface area (Å²) in [7, 11) is 1.74. The van der Waals surface area contributed by atoms with Crippen LogP contribution in [0.2, 0.25) is 0 Å². The summed E-state index contributed by atoms with van der Waals surface area (Å²) in [4.78, 5) is 4.22. The lowest BCUT2D eigenvalue weighted by Crippen LogP contribution is -2.24. The maximum absolute atomic E-state index is 5.13. The molecule has 18 heavy (non-hydrogen) atoms. The van der Waals surface area contributed by atoms with Crippen LogP contribution < -0.4 is 10.6 Å². The van der Waals surface area contributed by atoms with Gasteiger partial charge in [-0.25, -0.2) is 0 Å². The lowest BCUT2D eigenvalue weighted by molar-refractivity contribution is 0.157. The zero-order chi connectivity index (χ0) is 13.4. The molecule has 0 fully saturated rings.